The number of hydrogen-bond donors (Lipinski definition) is 2. The molecule has 41 valence electrons. The molecule has 3 N–H and O–H groups in total. The summed E-state index contributed by atoms with van der Waals surface area (Å²) in [4.78, 5) is 0. The van der Waals surface area contributed by atoms with Gasteiger partial charge in [0, 0.05) is 19.1 Å². The molecule has 1 radical (unpaired) electrons. The first-order valence-electron chi connectivity index (χ1n) is 2.13. The van der Waals surface area contributed by atoms with Crippen molar-refractivity contribution in [1.82, 2.24) is 0 Å². The second kappa shape index (κ2) is 3.84. The third-order valence-corrected chi connectivity index (χ3v) is 0.650. The highest BCUT2D eigenvalue weighted by atomic mass is 16.3. The molecule has 0 aliphatic rings. The van der Waals surface area contributed by atoms with Crippen LogP contribution in [0.1, 0.15) is 0 Å². The monoisotopic (exact) mass is 100 g/mol. The molecule has 7 heavy (non-hydrogen) atoms. The Balaban J connectivity index is 2.98. The molecule has 0 aromatic carbocycles. The predicted molar refractivity (Wildman–Crippen MR) is 29.6 cm³/mol. The molecule has 0 heterocycles. The van der Waals surface area contributed by atoms with Crippen LogP contribution in [0.4, 0.5) is 0 Å². The largest absolute Gasteiger partial charge is 0.396 e. The van der Waals surface area contributed by atoms with Crippen LogP contribution in [0.3, 0.4) is 0 Å². The number of rotatable bonds is 3. The first kappa shape index (κ1) is 6.66. The fourth-order valence-electron chi connectivity index (χ4n) is 0.218. The van der Waals surface area contributed by atoms with E-state index in [1.165, 1.54) is 0 Å². The normalized spacial score (nSPS) is 13.4. The molecule has 0 aromatic heterocycles. The molecular formula is C5H10NO. The molecule has 0 saturated heterocycles. The van der Waals surface area contributed by atoms with Crippen molar-refractivity contribution in [3.8, 4) is 0 Å². The Labute approximate surface area is 43.6 Å². The van der Waals surface area contributed by atoms with Gasteiger partial charge >= 0.3 is 0 Å². The summed E-state index contributed by atoms with van der Waals surface area (Å²) in [5.41, 5.74) is 5.25. The lowest BCUT2D eigenvalue weighted by molar-refractivity contribution is 0.322. The smallest absolute Gasteiger partial charge is 0.0481 e. The van der Waals surface area contributed by atoms with E-state index in [-0.39, 0.29) is 12.6 Å². The number of aliphatic hydroxyl groups is 1. The van der Waals surface area contributed by atoms with Crippen LogP contribution in [-0.2, 0) is 0 Å². The Morgan fingerprint density at radius 1 is 1.86 bits per heavy atom. The van der Waals surface area contributed by atoms with E-state index < -0.39 is 0 Å². The fourth-order valence-corrected chi connectivity index (χ4v) is 0.218. The standard InChI is InChI=1S/C5H10NO/c1-2-5(6)3-4-7/h2-3,5,7H,1,4,6H2. The minimum Gasteiger partial charge on any atom is -0.396 e. The molecule has 2 nitrogen and oxygen atoms in total. The van der Waals surface area contributed by atoms with Crippen LogP contribution in [0.15, 0.2) is 12.7 Å². The minimum absolute atomic E-state index is 0.0210. The predicted octanol–water partition coefficient (Wildman–Crippen LogP) is -0.304. The first-order valence-corrected chi connectivity index (χ1v) is 2.13. The topological polar surface area (TPSA) is 46.2 Å². The summed E-state index contributed by atoms with van der Waals surface area (Å²) in [6.07, 6.45) is 3.13. The van der Waals surface area contributed by atoms with Crippen LogP contribution in [0.5, 0.6) is 0 Å². The second-order valence-electron chi connectivity index (χ2n) is 1.23. The minimum atomic E-state index is -0.162. The van der Waals surface area contributed by atoms with Gasteiger partial charge in [0.15, 0.2) is 0 Å². The summed E-state index contributed by atoms with van der Waals surface area (Å²) in [6.45, 7) is 3.43. The van der Waals surface area contributed by atoms with Gasteiger partial charge in [-0.15, -0.1) is 6.58 Å². The molecule has 0 spiro atoms. The molecule has 0 rings (SSSR count). The molecule has 0 amide bonds. The van der Waals surface area contributed by atoms with Crippen molar-refractivity contribution in [3.63, 3.8) is 0 Å². The van der Waals surface area contributed by atoms with Gasteiger partial charge in [-0.1, -0.05) is 6.08 Å². The zero-order valence-corrected chi connectivity index (χ0v) is 4.17. The molecule has 1 unspecified atom stereocenters. The number of hydrogen-bond acceptors (Lipinski definition) is 2. The Hall–Kier alpha value is -0.340. The Bertz CT molecular complexity index is 54.0. The molecular weight excluding hydrogens is 90.1 g/mol. The van der Waals surface area contributed by atoms with Gasteiger partial charge in [0.05, 0.1) is 0 Å². The van der Waals surface area contributed by atoms with Crippen molar-refractivity contribution in [2.75, 3.05) is 6.61 Å². The van der Waals surface area contributed by atoms with E-state index in [1.807, 2.05) is 0 Å². The van der Waals surface area contributed by atoms with Crippen molar-refractivity contribution in [2.45, 2.75) is 6.04 Å². The lowest BCUT2D eigenvalue weighted by atomic mass is 10.2. The van der Waals surface area contributed by atoms with Gasteiger partial charge in [-0.05, 0) is 0 Å². The third kappa shape index (κ3) is 3.49. The van der Waals surface area contributed by atoms with Crippen molar-refractivity contribution in [1.29, 1.82) is 0 Å². The molecule has 2 heteroatoms. The molecule has 0 aliphatic heterocycles. The summed E-state index contributed by atoms with van der Waals surface area (Å²) >= 11 is 0. The Morgan fingerprint density at radius 3 is 2.57 bits per heavy atom. The third-order valence-electron chi connectivity index (χ3n) is 0.650. The zero-order chi connectivity index (χ0) is 5.70. The van der Waals surface area contributed by atoms with Gasteiger partial charge in [0.1, 0.15) is 0 Å². The van der Waals surface area contributed by atoms with E-state index in [0.717, 1.165) is 0 Å². The van der Waals surface area contributed by atoms with Crippen molar-refractivity contribution >= 4 is 0 Å². The second-order valence-corrected chi connectivity index (χ2v) is 1.23. The van der Waals surface area contributed by atoms with E-state index in [0.29, 0.717) is 0 Å². The average molecular weight is 100 g/mol. The maximum Gasteiger partial charge on any atom is 0.0481 e. The first-order chi connectivity index (χ1) is 3.31. The summed E-state index contributed by atoms with van der Waals surface area (Å²) in [5.74, 6) is 0. The van der Waals surface area contributed by atoms with Crippen LogP contribution < -0.4 is 5.73 Å². The maximum atomic E-state index is 8.18. The molecule has 0 bridgehead atoms. The molecule has 0 saturated carbocycles. The van der Waals surface area contributed by atoms with Gasteiger partial charge in [0.25, 0.3) is 0 Å². The molecule has 0 fully saturated rings. The highest BCUT2D eigenvalue weighted by molar-refractivity contribution is 4.92. The van der Waals surface area contributed by atoms with Gasteiger partial charge < -0.3 is 10.8 Å². The summed E-state index contributed by atoms with van der Waals surface area (Å²) in [7, 11) is 0. The van der Waals surface area contributed by atoms with Gasteiger partial charge in [-0.25, -0.2) is 0 Å². The van der Waals surface area contributed by atoms with Gasteiger partial charge in [0.2, 0.25) is 0 Å². The zero-order valence-electron chi connectivity index (χ0n) is 4.17. The van der Waals surface area contributed by atoms with Crippen molar-refractivity contribution in [2.24, 2.45) is 5.73 Å². The summed E-state index contributed by atoms with van der Waals surface area (Å²) in [5, 5.41) is 8.18. The quantitative estimate of drug-likeness (QED) is 0.478. The highest BCUT2D eigenvalue weighted by Crippen LogP contribution is 1.81. The number of nitrogens with two attached hydrogens (primary N) is 1. The van der Waals surface area contributed by atoms with E-state index in [1.54, 1.807) is 12.5 Å². The lowest BCUT2D eigenvalue weighted by Crippen LogP contribution is -2.18. The average Bonchev–Trinajstić information content (AvgIpc) is 1.68. The fraction of sp³-hybridized carbons (Fsp3) is 0.400. The van der Waals surface area contributed by atoms with E-state index in [4.69, 9.17) is 10.8 Å². The Kier molecular flexibility index (Phi) is 3.65. The molecule has 1 atom stereocenters. The van der Waals surface area contributed by atoms with Crippen LogP contribution in [0.25, 0.3) is 0 Å². The summed E-state index contributed by atoms with van der Waals surface area (Å²) < 4.78 is 0. The van der Waals surface area contributed by atoms with Crippen LogP contribution in [0.2, 0.25) is 0 Å². The SMILES string of the molecule is C=CC(N)[CH]CO. The van der Waals surface area contributed by atoms with Crippen LogP contribution in [0, 0.1) is 6.42 Å². The van der Waals surface area contributed by atoms with E-state index >= 15 is 0 Å². The number of aliphatic hydroxyl groups excluding tert-OH is 1. The Morgan fingerprint density at radius 2 is 2.43 bits per heavy atom. The molecule has 0 aliphatic carbocycles. The maximum absolute atomic E-state index is 8.18. The van der Waals surface area contributed by atoms with Crippen LogP contribution in [-0.4, -0.2) is 17.8 Å². The highest BCUT2D eigenvalue weighted by Gasteiger charge is 1.90. The summed E-state index contributed by atoms with van der Waals surface area (Å²) in [6, 6.07) is -0.162. The van der Waals surface area contributed by atoms with Gasteiger partial charge in [-0.3, -0.25) is 0 Å². The molecule has 0 aromatic rings. The van der Waals surface area contributed by atoms with Gasteiger partial charge in [-0.2, -0.15) is 0 Å². The van der Waals surface area contributed by atoms with Crippen molar-refractivity contribution < 1.29 is 5.11 Å². The van der Waals surface area contributed by atoms with Crippen molar-refractivity contribution in [3.05, 3.63) is 19.1 Å². The van der Waals surface area contributed by atoms with Crippen LogP contribution >= 0.6 is 0 Å². The van der Waals surface area contributed by atoms with E-state index in [9.17, 15) is 0 Å². The lowest BCUT2D eigenvalue weighted by Gasteiger charge is -1.98. The van der Waals surface area contributed by atoms with E-state index in [2.05, 4.69) is 6.58 Å².